The zero-order valence-electron chi connectivity index (χ0n) is 10.5. The van der Waals surface area contributed by atoms with Crippen molar-refractivity contribution < 1.29 is 9.53 Å². The van der Waals surface area contributed by atoms with Gasteiger partial charge in [-0.1, -0.05) is 27.7 Å². The molecule has 2 heteroatoms. The van der Waals surface area contributed by atoms with Crippen molar-refractivity contribution in [3.8, 4) is 5.75 Å². The lowest BCUT2D eigenvalue weighted by atomic mass is 10.00. The third-order valence-electron chi connectivity index (χ3n) is 2.36. The summed E-state index contributed by atoms with van der Waals surface area (Å²) in [5, 5.41) is 0. The zero-order valence-corrected chi connectivity index (χ0v) is 10.5. The molecule has 0 radical (unpaired) electrons. The minimum absolute atomic E-state index is 0.363. The second-order valence-corrected chi connectivity index (χ2v) is 4.77. The number of ether oxygens (including phenoxy) is 1. The number of hydrogen-bond acceptors (Lipinski definition) is 2. The minimum Gasteiger partial charge on any atom is -0.493 e. The Balaban J connectivity index is 2.94. The van der Waals surface area contributed by atoms with Gasteiger partial charge in [0.05, 0.1) is 6.61 Å². The molecular weight excluding hydrogens is 200 g/mol. The van der Waals surface area contributed by atoms with Gasteiger partial charge in [0.1, 0.15) is 12.0 Å². The van der Waals surface area contributed by atoms with E-state index >= 15 is 0 Å². The second-order valence-electron chi connectivity index (χ2n) is 4.77. The summed E-state index contributed by atoms with van der Waals surface area (Å²) in [4.78, 5) is 10.7. The molecule has 1 aromatic rings. The van der Waals surface area contributed by atoms with Crippen molar-refractivity contribution in [1.29, 1.82) is 0 Å². The van der Waals surface area contributed by atoms with Crippen molar-refractivity contribution in [3.05, 3.63) is 29.3 Å². The van der Waals surface area contributed by atoms with Gasteiger partial charge in [0, 0.05) is 5.56 Å². The molecular formula is C14H20O2. The topological polar surface area (TPSA) is 26.3 Å². The SMILES string of the molecule is CC(C)COc1ccc(C=O)cc1C(C)C. The molecule has 0 fully saturated rings. The molecule has 0 heterocycles. The maximum Gasteiger partial charge on any atom is 0.150 e. The summed E-state index contributed by atoms with van der Waals surface area (Å²) in [6.07, 6.45) is 0.873. The summed E-state index contributed by atoms with van der Waals surface area (Å²) in [6, 6.07) is 5.60. The van der Waals surface area contributed by atoms with Crippen LogP contribution in [-0.2, 0) is 0 Å². The Morgan fingerprint density at radius 1 is 1.25 bits per heavy atom. The van der Waals surface area contributed by atoms with Gasteiger partial charge in [-0.25, -0.2) is 0 Å². The van der Waals surface area contributed by atoms with Crippen LogP contribution in [0.25, 0.3) is 0 Å². The van der Waals surface area contributed by atoms with Crippen LogP contribution in [0.3, 0.4) is 0 Å². The first-order chi connectivity index (χ1) is 7.54. The fraction of sp³-hybridized carbons (Fsp3) is 0.500. The van der Waals surface area contributed by atoms with E-state index in [9.17, 15) is 4.79 Å². The van der Waals surface area contributed by atoms with Crippen molar-refractivity contribution in [2.45, 2.75) is 33.6 Å². The molecule has 1 aromatic carbocycles. The van der Waals surface area contributed by atoms with Crippen LogP contribution in [0, 0.1) is 5.92 Å². The molecule has 0 amide bonds. The van der Waals surface area contributed by atoms with Crippen LogP contribution in [-0.4, -0.2) is 12.9 Å². The minimum atomic E-state index is 0.363. The molecule has 0 N–H and O–H groups in total. The maximum absolute atomic E-state index is 10.7. The van der Waals surface area contributed by atoms with Gasteiger partial charge in [0.15, 0.2) is 0 Å². The molecule has 0 aliphatic heterocycles. The van der Waals surface area contributed by atoms with Crippen molar-refractivity contribution in [1.82, 2.24) is 0 Å². The Morgan fingerprint density at radius 3 is 2.44 bits per heavy atom. The number of hydrogen-bond donors (Lipinski definition) is 0. The average Bonchev–Trinajstić information content (AvgIpc) is 2.25. The first-order valence-electron chi connectivity index (χ1n) is 5.76. The molecule has 0 spiro atoms. The van der Waals surface area contributed by atoms with Gasteiger partial charge in [-0.3, -0.25) is 4.79 Å². The van der Waals surface area contributed by atoms with E-state index in [1.165, 1.54) is 0 Å². The largest absolute Gasteiger partial charge is 0.493 e. The molecule has 0 aliphatic carbocycles. The van der Waals surface area contributed by atoms with Gasteiger partial charge in [-0.2, -0.15) is 0 Å². The third-order valence-corrected chi connectivity index (χ3v) is 2.36. The van der Waals surface area contributed by atoms with E-state index in [4.69, 9.17) is 4.74 Å². The Kier molecular flexibility index (Phi) is 4.53. The number of aldehydes is 1. The van der Waals surface area contributed by atoms with E-state index in [-0.39, 0.29) is 0 Å². The molecule has 0 aromatic heterocycles. The summed E-state index contributed by atoms with van der Waals surface area (Å²) < 4.78 is 5.74. The van der Waals surface area contributed by atoms with Crippen LogP contribution >= 0.6 is 0 Å². The zero-order chi connectivity index (χ0) is 12.1. The predicted octanol–water partition coefficient (Wildman–Crippen LogP) is 3.66. The van der Waals surface area contributed by atoms with Crippen LogP contribution in [0.15, 0.2) is 18.2 Å². The monoisotopic (exact) mass is 220 g/mol. The quantitative estimate of drug-likeness (QED) is 0.708. The molecule has 0 atom stereocenters. The molecule has 0 saturated heterocycles. The highest BCUT2D eigenvalue weighted by molar-refractivity contribution is 5.75. The Morgan fingerprint density at radius 2 is 1.94 bits per heavy atom. The first kappa shape index (κ1) is 12.8. The standard InChI is InChI=1S/C14H20O2/c1-10(2)9-16-14-6-5-12(8-15)7-13(14)11(3)4/h5-8,10-11H,9H2,1-4H3. The Hall–Kier alpha value is -1.31. The molecule has 1 rings (SSSR count). The molecule has 0 saturated carbocycles. The Labute approximate surface area is 97.6 Å². The van der Waals surface area contributed by atoms with E-state index in [0.717, 1.165) is 17.6 Å². The van der Waals surface area contributed by atoms with Crippen LogP contribution in [0.2, 0.25) is 0 Å². The van der Waals surface area contributed by atoms with Crippen LogP contribution in [0.4, 0.5) is 0 Å². The molecule has 16 heavy (non-hydrogen) atoms. The normalized spacial score (nSPS) is 10.9. The third kappa shape index (κ3) is 3.37. The van der Waals surface area contributed by atoms with Crippen LogP contribution in [0.5, 0.6) is 5.75 Å². The Bertz CT molecular complexity index is 354. The summed E-state index contributed by atoms with van der Waals surface area (Å²) >= 11 is 0. The smallest absolute Gasteiger partial charge is 0.150 e. The second kappa shape index (κ2) is 5.69. The lowest BCUT2D eigenvalue weighted by molar-refractivity contribution is 0.112. The van der Waals surface area contributed by atoms with Gasteiger partial charge in [0.25, 0.3) is 0 Å². The fourth-order valence-electron chi connectivity index (χ4n) is 1.48. The molecule has 0 aliphatic rings. The van der Waals surface area contributed by atoms with Gasteiger partial charge < -0.3 is 4.74 Å². The maximum atomic E-state index is 10.7. The highest BCUT2D eigenvalue weighted by Gasteiger charge is 2.09. The highest BCUT2D eigenvalue weighted by atomic mass is 16.5. The average molecular weight is 220 g/mol. The van der Waals surface area contributed by atoms with Gasteiger partial charge in [0.2, 0.25) is 0 Å². The summed E-state index contributed by atoms with van der Waals surface area (Å²) in [7, 11) is 0. The molecule has 88 valence electrons. The lowest BCUT2D eigenvalue weighted by Crippen LogP contribution is -2.07. The van der Waals surface area contributed by atoms with Gasteiger partial charge in [-0.05, 0) is 35.6 Å². The number of benzene rings is 1. The number of carbonyl (C=O) groups is 1. The molecule has 0 bridgehead atoms. The molecule has 0 unspecified atom stereocenters. The number of carbonyl (C=O) groups excluding carboxylic acids is 1. The van der Waals surface area contributed by atoms with E-state index in [2.05, 4.69) is 27.7 Å². The van der Waals surface area contributed by atoms with Crippen molar-refractivity contribution in [2.24, 2.45) is 5.92 Å². The fourth-order valence-corrected chi connectivity index (χ4v) is 1.48. The summed E-state index contributed by atoms with van der Waals surface area (Å²) in [6.45, 7) is 9.15. The van der Waals surface area contributed by atoms with Crippen molar-refractivity contribution in [2.75, 3.05) is 6.61 Å². The lowest BCUT2D eigenvalue weighted by Gasteiger charge is -2.15. The van der Waals surface area contributed by atoms with E-state index in [1.54, 1.807) is 6.07 Å². The van der Waals surface area contributed by atoms with Crippen LogP contribution in [0.1, 0.15) is 49.5 Å². The predicted molar refractivity (Wildman–Crippen MR) is 66.3 cm³/mol. The van der Waals surface area contributed by atoms with Gasteiger partial charge >= 0.3 is 0 Å². The van der Waals surface area contributed by atoms with E-state index in [1.807, 2.05) is 12.1 Å². The highest BCUT2D eigenvalue weighted by Crippen LogP contribution is 2.27. The van der Waals surface area contributed by atoms with Crippen molar-refractivity contribution >= 4 is 6.29 Å². The summed E-state index contributed by atoms with van der Waals surface area (Å²) in [5.41, 5.74) is 1.81. The van der Waals surface area contributed by atoms with E-state index < -0.39 is 0 Å². The molecule has 2 nitrogen and oxygen atoms in total. The summed E-state index contributed by atoms with van der Waals surface area (Å²) in [5.74, 6) is 1.77. The van der Waals surface area contributed by atoms with E-state index in [0.29, 0.717) is 24.0 Å². The number of rotatable bonds is 5. The first-order valence-corrected chi connectivity index (χ1v) is 5.76. The van der Waals surface area contributed by atoms with Crippen molar-refractivity contribution in [3.63, 3.8) is 0 Å². The van der Waals surface area contributed by atoms with Gasteiger partial charge in [-0.15, -0.1) is 0 Å². The van der Waals surface area contributed by atoms with Crippen LogP contribution < -0.4 is 4.74 Å².